The molecule has 0 saturated heterocycles. The third kappa shape index (κ3) is 3.12. The Morgan fingerprint density at radius 1 is 1.29 bits per heavy atom. The summed E-state index contributed by atoms with van der Waals surface area (Å²) in [7, 11) is 0. The fourth-order valence-electron chi connectivity index (χ4n) is 1.94. The maximum atomic E-state index is 13.0. The summed E-state index contributed by atoms with van der Waals surface area (Å²) in [5.74, 6) is -0.139. The molecule has 1 aromatic carbocycles. The van der Waals surface area contributed by atoms with Crippen LogP contribution in [0.2, 0.25) is 0 Å². The lowest BCUT2D eigenvalue weighted by atomic mass is 10.2. The van der Waals surface area contributed by atoms with E-state index in [1.165, 1.54) is 22.9 Å². The fourth-order valence-corrected chi connectivity index (χ4v) is 1.94. The normalized spacial score (nSPS) is 11.7. The van der Waals surface area contributed by atoms with Crippen LogP contribution in [0.5, 0.6) is 11.6 Å². The number of aryl methyl sites for hydroxylation is 2. The van der Waals surface area contributed by atoms with E-state index in [2.05, 4.69) is 5.10 Å². The van der Waals surface area contributed by atoms with Gasteiger partial charge in [-0.1, -0.05) is 19.1 Å². The summed E-state index contributed by atoms with van der Waals surface area (Å²) in [6, 6.07) is 5.03. The van der Waals surface area contributed by atoms with Crippen LogP contribution in [0, 0.1) is 6.92 Å². The monoisotopic (exact) mass is 299 g/mol. The molecule has 114 valence electrons. The molecule has 0 saturated carbocycles. The molecule has 1 aromatic heterocycles. The summed E-state index contributed by atoms with van der Waals surface area (Å²) in [6.07, 6.45) is -3.73. The Labute approximate surface area is 120 Å². The molecule has 4 nitrogen and oxygen atoms in total. The largest absolute Gasteiger partial charge is 0.437 e. The predicted molar refractivity (Wildman–Crippen MR) is 73.2 cm³/mol. The number of rotatable bonds is 4. The zero-order valence-corrected chi connectivity index (χ0v) is 11.7. The van der Waals surface area contributed by atoms with E-state index in [4.69, 9.17) is 10.5 Å². The molecular formula is C14H16F3N3O. The lowest BCUT2D eigenvalue weighted by Crippen LogP contribution is -2.09. The maximum absolute atomic E-state index is 13.0. The zero-order chi connectivity index (χ0) is 15.6. The number of alkyl halides is 3. The van der Waals surface area contributed by atoms with Gasteiger partial charge in [-0.15, -0.1) is 0 Å². The molecule has 0 aliphatic carbocycles. The van der Waals surface area contributed by atoms with Crippen LogP contribution in [0.4, 0.5) is 18.9 Å². The van der Waals surface area contributed by atoms with Crippen molar-refractivity contribution >= 4 is 5.69 Å². The van der Waals surface area contributed by atoms with Crippen molar-refractivity contribution in [3.05, 3.63) is 35.5 Å². The van der Waals surface area contributed by atoms with Crippen molar-refractivity contribution in [2.24, 2.45) is 0 Å². The van der Waals surface area contributed by atoms with Crippen LogP contribution in [-0.2, 0) is 12.7 Å². The lowest BCUT2D eigenvalue weighted by molar-refractivity contribution is -0.138. The molecule has 1 heterocycles. The second-order valence-corrected chi connectivity index (χ2v) is 4.62. The van der Waals surface area contributed by atoms with E-state index in [1.807, 2.05) is 6.92 Å². The summed E-state index contributed by atoms with van der Waals surface area (Å²) in [4.78, 5) is 0. The van der Waals surface area contributed by atoms with Gasteiger partial charge in [0.25, 0.3) is 0 Å². The first-order chi connectivity index (χ1) is 9.84. The summed E-state index contributed by atoms with van der Waals surface area (Å²) in [5, 5.41) is 4.17. The summed E-state index contributed by atoms with van der Waals surface area (Å²) < 4.78 is 45.8. The molecule has 0 spiro atoms. The van der Waals surface area contributed by atoms with Gasteiger partial charge in [-0.2, -0.15) is 18.3 Å². The summed E-state index contributed by atoms with van der Waals surface area (Å²) >= 11 is 0. The smallest absolute Gasteiger partial charge is 0.419 e. The van der Waals surface area contributed by atoms with Gasteiger partial charge in [-0.3, -0.25) is 0 Å². The number of nitrogens with two attached hydrogens (primary N) is 1. The molecule has 2 aromatic rings. The highest BCUT2D eigenvalue weighted by Crippen LogP contribution is 2.39. The van der Waals surface area contributed by atoms with Gasteiger partial charge in [0.2, 0.25) is 5.88 Å². The van der Waals surface area contributed by atoms with Crippen LogP contribution >= 0.6 is 0 Å². The minimum absolute atomic E-state index is 0.144. The third-order valence-electron chi connectivity index (χ3n) is 2.96. The number of aromatic nitrogens is 2. The second kappa shape index (κ2) is 5.67. The zero-order valence-electron chi connectivity index (χ0n) is 11.7. The van der Waals surface area contributed by atoms with E-state index in [0.29, 0.717) is 12.2 Å². The quantitative estimate of drug-likeness (QED) is 0.928. The highest BCUT2D eigenvalue weighted by Gasteiger charge is 2.34. The van der Waals surface area contributed by atoms with Crippen molar-refractivity contribution < 1.29 is 17.9 Å². The van der Waals surface area contributed by atoms with Crippen molar-refractivity contribution in [3.8, 4) is 11.6 Å². The molecule has 0 radical (unpaired) electrons. The lowest BCUT2D eigenvalue weighted by Gasteiger charge is -2.14. The Hall–Kier alpha value is -2.18. The fraction of sp³-hybridized carbons (Fsp3) is 0.357. The van der Waals surface area contributed by atoms with Gasteiger partial charge in [0.05, 0.1) is 11.3 Å². The van der Waals surface area contributed by atoms with Crippen molar-refractivity contribution in [2.75, 3.05) is 5.73 Å². The van der Waals surface area contributed by atoms with Crippen LogP contribution in [0.15, 0.2) is 24.3 Å². The van der Waals surface area contributed by atoms with Gasteiger partial charge in [0.1, 0.15) is 11.4 Å². The Morgan fingerprint density at radius 3 is 2.57 bits per heavy atom. The Balaban J connectivity index is 2.44. The van der Waals surface area contributed by atoms with Gasteiger partial charge in [0.15, 0.2) is 0 Å². The van der Waals surface area contributed by atoms with Crippen molar-refractivity contribution in [3.63, 3.8) is 0 Å². The van der Waals surface area contributed by atoms with Gasteiger partial charge >= 0.3 is 6.18 Å². The van der Waals surface area contributed by atoms with Gasteiger partial charge in [-0.05, 0) is 25.5 Å². The van der Waals surface area contributed by atoms with Crippen molar-refractivity contribution in [1.82, 2.24) is 9.78 Å². The van der Waals surface area contributed by atoms with Gasteiger partial charge < -0.3 is 10.5 Å². The molecule has 21 heavy (non-hydrogen) atoms. The molecule has 0 atom stereocenters. The number of anilines is 1. The van der Waals surface area contributed by atoms with Gasteiger partial charge in [-0.25, -0.2) is 4.68 Å². The van der Waals surface area contributed by atoms with Crippen LogP contribution in [0.3, 0.4) is 0 Å². The predicted octanol–water partition coefficient (Wildman–Crippen LogP) is 3.99. The van der Waals surface area contributed by atoms with Crippen LogP contribution < -0.4 is 10.5 Å². The van der Waals surface area contributed by atoms with Crippen molar-refractivity contribution in [1.29, 1.82) is 0 Å². The topological polar surface area (TPSA) is 53.1 Å². The Bertz CT molecular complexity index is 635. The summed E-state index contributed by atoms with van der Waals surface area (Å²) in [5.41, 5.74) is 5.79. The van der Waals surface area contributed by atoms with E-state index < -0.39 is 11.7 Å². The van der Waals surface area contributed by atoms with Crippen LogP contribution in [0.1, 0.15) is 24.6 Å². The van der Waals surface area contributed by atoms with Crippen LogP contribution in [0.25, 0.3) is 0 Å². The van der Waals surface area contributed by atoms with E-state index in [0.717, 1.165) is 12.5 Å². The molecule has 7 heteroatoms. The number of hydrogen-bond donors (Lipinski definition) is 1. The number of halogens is 3. The number of nitrogens with zero attached hydrogens (tertiary/aromatic N) is 2. The SMILES string of the molecule is CCCn1nc(C)c(N)c1Oc1ccccc1C(F)(F)F. The van der Waals surface area contributed by atoms with E-state index in [9.17, 15) is 13.2 Å². The molecular weight excluding hydrogens is 283 g/mol. The number of benzene rings is 1. The number of ether oxygens (including phenoxy) is 1. The summed E-state index contributed by atoms with van der Waals surface area (Å²) in [6.45, 7) is 4.13. The minimum atomic E-state index is -4.49. The molecule has 2 rings (SSSR count). The molecule has 0 amide bonds. The highest BCUT2D eigenvalue weighted by atomic mass is 19.4. The molecule has 0 bridgehead atoms. The molecule has 2 N–H and O–H groups in total. The number of para-hydroxylation sites is 1. The van der Waals surface area contributed by atoms with Gasteiger partial charge in [0, 0.05) is 6.54 Å². The minimum Gasteiger partial charge on any atom is -0.437 e. The third-order valence-corrected chi connectivity index (χ3v) is 2.96. The first-order valence-electron chi connectivity index (χ1n) is 6.51. The van der Waals surface area contributed by atoms with Crippen molar-refractivity contribution in [2.45, 2.75) is 33.0 Å². The van der Waals surface area contributed by atoms with E-state index in [-0.39, 0.29) is 17.3 Å². The molecule has 0 fully saturated rings. The first-order valence-corrected chi connectivity index (χ1v) is 6.51. The number of hydrogen-bond acceptors (Lipinski definition) is 3. The van der Waals surface area contributed by atoms with E-state index in [1.54, 1.807) is 6.92 Å². The number of nitrogen functional groups attached to an aromatic ring is 1. The molecule has 0 unspecified atom stereocenters. The average molecular weight is 299 g/mol. The first kappa shape index (κ1) is 15.2. The van der Waals surface area contributed by atoms with E-state index >= 15 is 0 Å². The highest BCUT2D eigenvalue weighted by molar-refractivity contribution is 5.54. The van der Waals surface area contributed by atoms with Crippen LogP contribution in [-0.4, -0.2) is 9.78 Å². The molecule has 0 aliphatic rings. The molecule has 0 aliphatic heterocycles. The Morgan fingerprint density at radius 2 is 1.95 bits per heavy atom. The average Bonchev–Trinajstić information content (AvgIpc) is 2.67. The maximum Gasteiger partial charge on any atom is 0.419 e. The Kier molecular flexibility index (Phi) is 4.11. The standard InChI is InChI=1S/C14H16F3N3O/c1-3-8-20-13(12(18)9(2)19-20)21-11-7-5-4-6-10(11)14(15,16)17/h4-7H,3,8,18H2,1-2H3. The second-order valence-electron chi connectivity index (χ2n) is 4.62.